The van der Waals surface area contributed by atoms with E-state index >= 15 is 0 Å². The Hall–Kier alpha value is -4.74. The van der Waals surface area contributed by atoms with Crippen LogP contribution in [0, 0.1) is 11.8 Å². The largest absolute Gasteiger partial charge is 0.490 e. The van der Waals surface area contributed by atoms with Gasteiger partial charge in [-0.2, -0.15) is 52.7 Å². The topological polar surface area (TPSA) is 181 Å². The summed E-state index contributed by atoms with van der Waals surface area (Å²) >= 11 is 0. The summed E-state index contributed by atoms with van der Waals surface area (Å²) in [5, 5.41) is 28.5. The third kappa shape index (κ3) is 19.3. The van der Waals surface area contributed by atoms with Gasteiger partial charge >= 0.3 is 48.6 Å². The highest BCUT2D eigenvalue weighted by molar-refractivity contribution is 5.74. The molecule has 2 aliphatic heterocycles. The number of pyridine rings is 2. The molecule has 282 valence electrons. The number of carboxylic acid groups (broad SMARTS) is 4. The predicted molar refractivity (Wildman–Crippen MR) is 141 cm³/mol. The van der Waals surface area contributed by atoms with Crippen molar-refractivity contribution in [3.63, 3.8) is 0 Å². The molecule has 50 heavy (non-hydrogen) atoms. The number of alkyl halides is 12. The van der Waals surface area contributed by atoms with E-state index in [1.165, 1.54) is 37.4 Å². The molecule has 0 aromatic carbocycles. The van der Waals surface area contributed by atoms with Gasteiger partial charge in [0.25, 0.3) is 0 Å². The van der Waals surface area contributed by atoms with E-state index in [1.807, 2.05) is 24.7 Å². The molecule has 2 aromatic rings. The van der Waals surface area contributed by atoms with Crippen molar-refractivity contribution in [2.24, 2.45) is 11.8 Å². The summed E-state index contributed by atoms with van der Waals surface area (Å²) in [6, 6.07) is 10.4. The predicted octanol–water partition coefficient (Wildman–Crippen LogP) is 4.57. The molecule has 2 unspecified atom stereocenters. The number of hydrogen-bond donors (Lipinski definition) is 4. The summed E-state index contributed by atoms with van der Waals surface area (Å²) in [7, 11) is 0. The van der Waals surface area contributed by atoms with Crippen LogP contribution >= 0.6 is 0 Å². The number of rotatable bonds is 4. The van der Waals surface area contributed by atoms with Gasteiger partial charge in [-0.25, -0.2) is 19.2 Å². The summed E-state index contributed by atoms with van der Waals surface area (Å²) in [6.07, 6.45) is -14.7. The minimum Gasteiger partial charge on any atom is -0.475 e. The number of carboxylic acids is 4. The van der Waals surface area contributed by atoms with Crippen LogP contribution in [0.15, 0.2) is 48.9 Å². The normalized spacial score (nSPS) is 17.5. The Labute approximate surface area is 272 Å². The molecule has 0 bridgehead atoms. The number of aliphatic carboxylic acids is 4. The quantitative estimate of drug-likeness (QED) is 0.320. The van der Waals surface area contributed by atoms with Gasteiger partial charge in [0.15, 0.2) is 0 Å². The lowest BCUT2D eigenvalue weighted by Crippen LogP contribution is -2.28. The van der Waals surface area contributed by atoms with Crippen LogP contribution in [0.2, 0.25) is 0 Å². The monoisotopic (exact) mass is 750 g/mol. The number of carbonyl (C=O) groups is 4. The van der Waals surface area contributed by atoms with Gasteiger partial charge in [0, 0.05) is 57.9 Å². The van der Waals surface area contributed by atoms with E-state index in [2.05, 4.69) is 44.0 Å². The van der Waals surface area contributed by atoms with Crippen LogP contribution in [0.25, 0.3) is 0 Å². The van der Waals surface area contributed by atoms with Gasteiger partial charge in [0.1, 0.15) is 0 Å². The van der Waals surface area contributed by atoms with Gasteiger partial charge in [-0.1, -0.05) is 6.07 Å². The van der Waals surface area contributed by atoms with E-state index in [4.69, 9.17) is 39.6 Å². The van der Waals surface area contributed by atoms with Crippen molar-refractivity contribution < 1.29 is 92.3 Å². The van der Waals surface area contributed by atoms with Crippen LogP contribution in [-0.4, -0.2) is 115 Å². The zero-order valence-electron chi connectivity index (χ0n) is 24.8. The van der Waals surface area contributed by atoms with E-state index in [0.29, 0.717) is 0 Å². The van der Waals surface area contributed by atoms with E-state index in [-0.39, 0.29) is 0 Å². The lowest BCUT2D eigenvalue weighted by Gasteiger charge is -2.21. The Kier molecular flexibility index (Phi) is 17.6. The molecule has 12 nitrogen and oxygen atoms in total. The first kappa shape index (κ1) is 45.3. The van der Waals surface area contributed by atoms with Gasteiger partial charge in [-0.05, 0) is 41.7 Å². The molecule has 0 amide bonds. The van der Waals surface area contributed by atoms with Crippen LogP contribution in [0.5, 0.6) is 0 Å². The molecule has 2 aliphatic rings. The molecule has 0 spiro atoms. The van der Waals surface area contributed by atoms with Crippen molar-refractivity contribution in [2.75, 3.05) is 26.2 Å². The molecule has 24 heteroatoms. The van der Waals surface area contributed by atoms with Crippen LogP contribution in [0.3, 0.4) is 0 Å². The maximum Gasteiger partial charge on any atom is 0.490 e. The maximum absolute atomic E-state index is 10.6. The minimum absolute atomic E-state index is 0.825. The van der Waals surface area contributed by atoms with Crippen molar-refractivity contribution >= 4 is 23.9 Å². The Morgan fingerprint density at radius 1 is 0.560 bits per heavy atom. The average molecular weight is 750 g/mol. The number of aromatic nitrogens is 2. The van der Waals surface area contributed by atoms with Crippen LogP contribution < -0.4 is 0 Å². The first-order valence-electron chi connectivity index (χ1n) is 13.1. The Bertz CT molecular complexity index is 1200. The van der Waals surface area contributed by atoms with E-state index in [9.17, 15) is 52.7 Å². The standard InChI is InChI=1S/C18H22N4.4C2HF3O2/c1-2-6-20-18(3-1)14-22-12-16-10-21(11-17(16)13-22)9-15-4-7-19-8-5-15;4*3-2(4,5)1(6)7/h1-8,16-17H,9-14H2;4*(H,6,7). The Morgan fingerprint density at radius 2 is 0.880 bits per heavy atom. The molecule has 2 saturated heterocycles. The summed E-state index contributed by atoms with van der Waals surface area (Å²) < 4.78 is 127. The molecular formula is C26H26F12N4O8. The van der Waals surface area contributed by atoms with Crippen LogP contribution in [-0.2, 0) is 32.3 Å². The molecule has 4 heterocycles. The van der Waals surface area contributed by atoms with Crippen molar-refractivity contribution in [2.45, 2.75) is 37.8 Å². The minimum atomic E-state index is -5.08. The highest BCUT2D eigenvalue weighted by Crippen LogP contribution is 2.32. The third-order valence-corrected chi connectivity index (χ3v) is 5.87. The molecule has 0 saturated carbocycles. The van der Waals surface area contributed by atoms with E-state index in [0.717, 1.165) is 24.9 Å². The average Bonchev–Trinajstić information content (AvgIpc) is 3.51. The highest BCUT2D eigenvalue weighted by atomic mass is 19.4. The van der Waals surface area contributed by atoms with Gasteiger partial charge in [0.05, 0.1) is 5.69 Å². The fourth-order valence-electron chi connectivity index (χ4n) is 3.91. The summed E-state index contributed by atoms with van der Waals surface area (Å²) in [4.78, 5) is 49.3. The van der Waals surface area contributed by atoms with Crippen molar-refractivity contribution in [3.05, 3.63) is 60.2 Å². The van der Waals surface area contributed by atoms with E-state index < -0.39 is 48.6 Å². The van der Waals surface area contributed by atoms with Crippen molar-refractivity contribution in [1.29, 1.82) is 0 Å². The highest BCUT2D eigenvalue weighted by Gasteiger charge is 2.41. The third-order valence-electron chi connectivity index (χ3n) is 5.87. The summed E-state index contributed by atoms with van der Waals surface area (Å²) in [6.45, 7) is 6.95. The van der Waals surface area contributed by atoms with Crippen LogP contribution in [0.4, 0.5) is 52.7 Å². The van der Waals surface area contributed by atoms with Gasteiger partial charge in [-0.15, -0.1) is 0 Å². The lowest BCUT2D eigenvalue weighted by atomic mass is 10.0. The van der Waals surface area contributed by atoms with Crippen molar-refractivity contribution in [1.82, 2.24) is 19.8 Å². The number of nitrogens with zero attached hydrogens (tertiary/aromatic N) is 4. The summed E-state index contributed by atoms with van der Waals surface area (Å²) in [5.41, 5.74) is 2.57. The molecule has 0 aliphatic carbocycles. The maximum atomic E-state index is 10.6. The second-order valence-electron chi connectivity index (χ2n) is 9.80. The molecule has 2 fully saturated rings. The van der Waals surface area contributed by atoms with E-state index in [1.54, 1.807) is 0 Å². The first-order valence-corrected chi connectivity index (χ1v) is 13.1. The molecular weight excluding hydrogens is 724 g/mol. The second kappa shape index (κ2) is 19.4. The molecule has 2 atom stereocenters. The number of hydrogen-bond acceptors (Lipinski definition) is 8. The fraction of sp³-hybridized carbons (Fsp3) is 0.462. The second-order valence-corrected chi connectivity index (χ2v) is 9.80. The molecule has 2 aromatic heterocycles. The fourth-order valence-corrected chi connectivity index (χ4v) is 3.91. The Morgan fingerprint density at radius 3 is 1.16 bits per heavy atom. The van der Waals surface area contributed by atoms with Gasteiger partial charge in [-0.3, -0.25) is 19.8 Å². The number of likely N-dealkylation sites (tertiary alicyclic amines) is 2. The van der Waals surface area contributed by atoms with Crippen LogP contribution in [0.1, 0.15) is 11.3 Å². The zero-order chi connectivity index (χ0) is 39.1. The Balaban J connectivity index is 0.000000711. The van der Waals surface area contributed by atoms with Crippen molar-refractivity contribution in [3.8, 4) is 0 Å². The number of fused-ring (bicyclic) bond motifs is 1. The van der Waals surface area contributed by atoms with Gasteiger partial charge in [0.2, 0.25) is 0 Å². The molecule has 4 rings (SSSR count). The first-order chi connectivity index (χ1) is 22.6. The molecule has 0 radical (unpaired) electrons. The SMILES string of the molecule is O=C(O)C(F)(F)F.O=C(O)C(F)(F)F.O=C(O)C(F)(F)F.O=C(O)C(F)(F)F.c1ccc(CN2CC3CN(Cc4ccncc4)CC3C2)nc1. The lowest BCUT2D eigenvalue weighted by molar-refractivity contribution is -0.193. The summed E-state index contributed by atoms with van der Waals surface area (Å²) in [5.74, 6) is -9.38. The van der Waals surface area contributed by atoms with Gasteiger partial charge < -0.3 is 20.4 Å². The molecule has 4 N–H and O–H groups in total. The smallest absolute Gasteiger partial charge is 0.475 e. The zero-order valence-corrected chi connectivity index (χ0v) is 24.8. The number of halogens is 12.